The van der Waals surface area contributed by atoms with Gasteiger partial charge in [-0.1, -0.05) is 152 Å². The minimum Gasteiger partial charge on any atom is -0.456 e. The van der Waals surface area contributed by atoms with Gasteiger partial charge in [0.2, 0.25) is 0 Å². The molecule has 2 aromatic heterocycles. The van der Waals surface area contributed by atoms with Crippen LogP contribution in [0.2, 0.25) is 0 Å². The molecular weight excluding hydrogens is 693 g/mol. The molecule has 57 heavy (non-hydrogen) atoms. The maximum atomic E-state index is 6.25. The Bertz CT molecular complexity index is 3170. The van der Waals surface area contributed by atoms with Crippen molar-refractivity contribution in [1.82, 2.24) is 4.57 Å². The van der Waals surface area contributed by atoms with Gasteiger partial charge in [0.05, 0.1) is 16.7 Å². The smallest absolute Gasteiger partial charge is 0.135 e. The molecule has 3 nitrogen and oxygen atoms in total. The maximum absolute atomic E-state index is 6.25. The van der Waals surface area contributed by atoms with E-state index < -0.39 is 0 Å². The average molecular weight is 729 g/mol. The molecule has 0 aliphatic heterocycles. The van der Waals surface area contributed by atoms with Crippen molar-refractivity contribution in [2.45, 2.75) is 0 Å². The largest absolute Gasteiger partial charge is 0.456 e. The first-order chi connectivity index (χ1) is 28.3. The Morgan fingerprint density at radius 1 is 0.316 bits per heavy atom. The van der Waals surface area contributed by atoms with E-state index in [4.69, 9.17) is 4.42 Å². The SMILES string of the molecule is c1ccc(-c2ccccc2-c2ccc(N(c3ccc(-c4ccccc4-n4c5ccccc5c5ccccc54)cc3)c3ccc4oc5ccccc5c4c3)cc2)cc1. The standard InChI is InChI=1S/C54H36N2O/c1-2-14-37(15-3-1)43-16-4-5-17-44(43)38-26-30-40(31-27-38)55(42-34-35-54-49(36-42)48-21-9-13-25-53(48)57-54)41-32-28-39(29-33-41)45-18-6-10-22-50(45)56-51-23-11-7-19-46(51)47-20-8-12-24-52(47)56/h1-36H. The van der Waals surface area contributed by atoms with Gasteiger partial charge in [0.1, 0.15) is 11.2 Å². The maximum Gasteiger partial charge on any atom is 0.135 e. The average Bonchev–Trinajstić information content (AvgIpc) is 3.83. The van der Waals surface area contributed by atoms with E-state index in [-0.39, 0.29) is 0 Å². The van der Waals surface area contributed by atoms with Crippen LogP contribution in [-0.2, 0) is 0 Å². The summed E-state index contributed by atoms with van der Waals surface area (Å²) in [5, 5.41) is 4.72. The van der Waals surface area contributed by atoms with Gasteiger partial charge in [0.15, 0.2) is 0 Å². The molecule has 0 N–H and O–H groups in total. The van der Waals surface area contributed by atoms with Gasteiger partial charge in [0.25, 0.3) is 0 Å². The Balaban J connectivity index is 1.03. The fraction of sp³-hybridized carbons (Fsp3) is 0. The first kappa shape index (κ1) is 32.8. The van der Waals surface area contributed by atoms with Crippen molar-refractivity contribution < 1.29 is 4.42 Å². The zero-order chi connectivity index (χ0) is 37.7. The summed E-state index contributed by atoms with van der Waals surface area (Å²) in [6.07, 6.45) is 0. The number of benzene rings is 9. The number of aromatic nitrogens is 1. The lowest BCUT2D eigenvalue weighted by Crippen LogP contribution is -2.09. The summed E-state index contributed by atoms with van der Waals surface area (Å²) in [5.74, 6) is 0. The van der Waals surface area contributed by atoms with Crippen molar-refractivity contribution in [1.29, 1.82) is 0 Å². The van der Waals surface area contributed by atoms with Gasteiger partial charge < -0.3 is 13.9 Å². The van der Waals surface area contributed by atoms with Crippen LogP contribution in [0.25, 0.3) is 82.8 Å². The van der Waals surface area contributed by atoms with E-state index in [9.17, 15) is 0 Å². The summed E-state index contributed by atoms with van der Waals surface area (Å²) in [4.78, 5) is 2.34. The molecule has 0 bridgehead atoms. The van der Waals surface area contributed by atoms with Crippen molar-refractivity contribution in [2.75, 3.05) is 4.90 Å². The van der Waals surface area contributed by atoms with E-state index >= 15 is 0 Å². The third kappa shape index (κ3) is 5.60. The highest BCUT2D eigenvalue weighted by atomic mass is 16.3. The Kier molecular flexibility index (Phi) is 7.82. The lowest BCUT2D eigenvalue weighted by Gasteiger charge is -2.26. The molecule has 0 saturated carbocycles. The molecule has 268 valence electrons. The summed E-state index contributed by atoms with van der Waals surface area (Å²) < 4.78 is 8.66. The second kappa shape index (κ2) is 13.6. The molecule has 11 rings (SSSR count). The van der Waals surface area contributed by atoms with Gasteiger partial charge in [-0.05, 0) is 94.5 Å². The summed E-state index contributed by atoms with van der Waals surface area (Å²) in [6.45, 7) is 0. The van der Waals surface area contributed by atoms with Crippen molar-refractivity contribution in [3.63, 3.8) is 0 Å². The number of para-hydroxylation sites is 4. The highest BCUT2D eigenvalue weighted by Crippen LogP contribution is 2.42. The Hall–Kier alpha value is -7.62. The summed E-state index contributed by atoms with van der Waals surface area (Å²) in [6, 6.07) is 78.1. The fourth-order valence-corrected chi connectivity index (χ4v) is 8.58. The molecule has 0 aliphatic rings. The van der Waals surface area contributed by atoms with Gasteiger partial charge in [-0.25, -0.2) is 0 Å². The second-order valence-electron chi connectivity index (χ2n) is 14.5. The topological polar surface area (TPSA) is 21.3 Å². The Morgan fingerprint density at radius 3 is 1.42 bits per heavy atom. The lowest BCUT2D eigenvalue weighted by atomic mass is 9.94. The third-order valence-electron chi connectivity index (χ3n) is 11.2. The van der Waals surface area contributed by atoms with Crippen LogP contribution in [0.1, 0.15) is 0 Å². The van der Waals surface area contributed by atoms with Crippen molar-refractivity contribution in [3.05, 3.63) is 218 Å². The molecular formula is C54H36N2O. The van der Waals surface area contributed by atoms with Crippen LogP contribution in [-0.4, -0.2) is 4.57 Å². The summed E-state index contributed by atoms with van der Waals surface area (Å²) >= 11 is 0. The van der Waals surface area contributed by atoms with E-state index in [2.05, 4.69) is 216 Å². The van der Waals surface area contributed by atoms with E-state index in [1.807, 2.05) is 12.1 Å². The van der Waals surface area contributed by atoms with E-state index in [0.29, 0.717) is 0 Å². The molecule has 3 heteroatoms. The summed E-state index contributed by atoms with van der Waals surface area (Å²) in [5.41, 5.74) is 15.7. The van der Waals surface area contributed by atoms with Crippen LogP contribution in [0.3, 0.4) is 0 Å². The number of rotatable bonds is 7. The van der Waals surface area contributed by atoms with Gasteiger partial charge in [-0.3, -0.25) is 0 Å². The highest BCUT2D eigenvalue weighted by molar-refractivity contribution is 6.10. The van der Waals surface area contributed by atoms with Gasteiger partial charge in [0, 0.05) is 44.2 Å². The number of anilines is 3. The molecule has 0 aliphatic carbocycles. The number of hydrogen-bond donors (Lipinski definition) is 0. The molecule has 11 aromatic rings. The minimum atomic E-state index is 0.879. The van der Waals surface area contributed by atoms with Crippen LogP contribution in [0.15, 0.2) is 223 Å². The molecule has 0 radical (unpaired) electrons. The van der Waals surface area contributed by atoms with Gasteiger partial charge in [-0.15, -0.1) is 0 Å². The van der Waals surface area contributed by atoms with E-state index in [1.54, 1.807) is 0 Å². The predicted octanol–water partition coefficient (Wildman–Crippen LogP) is 15.2. The van der Waals surface area contributed by atoms with E-state index in [1.165, 1.54) is 49.6 Å². The number of furan rings is 1. The van der Waals surface area contributed by atoms with Crippen molar-refractivity contribution in [2.24, 2.45) is 0 Å². The highest BCUT2D eigenvalue weighted by Gasteiger charge is 2.19. The van der Waals surface area contributed by atoms with E-state index in [0.717, 1.165) is 50.3 Å². The molecule has 0 unspecified atom stereocenters. The molecule has 0 saturated heterocycles. The fourth-order valence-electron chi connectivity index (χ4n) is 8.58. The third-order valence-corrected chi connectivity index (χ3v) is 11.2. The number of hydrogen-bond acceptors (Lipinski definition) is 2. The zero-order valence-corrected chi connectivity index (χ0v) is 31.1. The monoisotopic (exact) mass is 728 g/mol. The normalized spacial score (nSPS) is 11.5. The summed E-state index contributed by atoms with van der Waals surface area (Å²) in [7, 11) is 0. The van der Waals surface area contributed by atoms with Crippen LogP contribution in [0.4, 0.5) is 17.1 Å². The Morgan fingerprint density at radius 2 is 0.772 bits per heavy atom. The second-order valence-corrected chi connectivity index (χ2v) is 14.5. The molecule has 0 atom stereocenters. The lowest BCUT2D eigenvalue weighted by molar-refractivity contribution is 0.669. The van der Waals surface area contributed by atoms with Crippen molar-refractivity contribution in [3.8, 4) is 39.1 Å². The van der Waals surface area contributed by atoms with Crippen LogP contribution in [0, 0.1) is 0 Å². The zero-order valence-electron chi connectivity index (χ0n) is 31.1. The molecule has 0 amide bonds. The van der Waals surface area contributed by atoms with Gasteiger partial charge >= 0.3 is 0 Å². The first-order valence-corrected chi connectivity index (χ1v) is 19.4. The molecule has 0 fully saturated rings. The quantitative estimate of drug-likeness (QED) is 0.163. The first-order valence-electron chi connectivity index (χ1n) is 19.4. The van der Waals surface area contributed by atoms with Crippen LogP contribution in [0.5, 0.6) is 0 Å². The van der Waals surface area contributed by atoms with Crippen LogP contribution >= 0.6 is 0 Å². The molecule has 9 aromatic carbocycles. The van der Waals surface area contributed by atoms with Crippen molar-refractivity contribution >= 4 is 60.8 Å². The van der Waals surface area contributed by atoms with Gasteiger partial charge in [-0.2, -0.15) is 0 Å². The van der Waals surface area contributed by atoms with Crippen LogP contribution < -0.4 is 4.90 Å². The molecule has 2 heterocycles. The Labute approximate surface area is 330 Å². The molecule has 0 spiro atoms. The minimum absolute atomic E-state index is 0.879. The number of fused-ring (bicyclic) bond motifs is 6. The number of nitrogens with zero attached hydrogens (tertiary/aromatic N) is 2. The predicted molar refractivity (Wildman–Crippen MR) is 239 cm³/mol.